The monoisotopic (exact) mass is 231 g/mol. The van der Waals surface area contributed by atoms with Gasteiger partial charge in [0.2, 0.25) is 0 Å². The van der Waals surface area contributed by atoms with E-state index < -0.39 is 0 Å². The third-order valence-corrected chi connectivity index (χ3v) is 3.55. The van der Waals surface area contributed by atoms with E-state index in [1.54, 1.807) is 0 Å². The van der Waals surface area contributed by atoms with E-state index in [1.807, 2.05) is 19.4 Å². The summed E-state index contributed by atoms with van der Waals surface area (Å²) in [6.45, 7) is 2.19. The number of nitrogens with one attached hydrogen (secondary N) is 2. The quantitative estimate of drug-likeness (QED) is 0.814. The van der Waals surface area contributed by atoms with E-state index in [0.717, 1.165) is 24.1 Å². The number of aromatic amines is 1. The van der Waals surface area contributed by atoms with E-state index in [0.29, 0.717) is 6.04 Å². The van der Waals surface area contributed by atoms with Gasteiger partial charge < -0.3 is 10.2 Å². The van der Waals surface area contributed by atoms with Crippen LogP contribution in [-0.2, 0) is 0 Å². The molecule has 3 heterocycles. The molecule has 17 heavy (non-hydrogen) atoms. The fraction of sp³-hybridized carbons (Fsp3) is 0.500. The Morgan fingerprint density at radius 2 is 2.18 bits per heavy atom. The molecule has 90 valence electrons. The molecule has 0 saturated carbocycles. The van der Waals surface area contributed by atoms with Crippen molar-refractivity contribution in [2.75, 3.05) is 25.0 Å². The molecule has 0 radical (unpaired) electrons. The number of nitrogens with zero attached hydrogens (tertiary/aromatic N) is 3. The Labute approximate surface area is 100 Å². The van der Waals surface area contributed by atoms with Crippen LogP contribution in [0.1, 0.15) is 12.8 Å². The average Bonchev–Trinajstić information content (AvgIpc) is 2.86. The van der Waals surface area contributed by atoms with Crippen LogP contribution in [0.4, 0.5) is 5.69 Å². The topological polar surface area (TPSA) is 56.8 Å². The lowest BCUT2D eigenvalue weighted by atomic mass is 10.0. The lowest BCUT2D eigenvalue weighted by Crippen LogP contribution is -2.41. The number of hydrogen-bond acceptors (Lipinski definition) is 4. The molecule has 0 spiro atoms. The van der Waals surface area contributed by atoms with Gasteiger partial charge in [0.1, 0.15) is 0 Å². The van der Waals surface area contributed by atoms with Gasteiger partial charge in [-0.2, -0.15) is 5.10 Å². The first-order valence-electron chi connectivity index (χ1n) is 6.08. The predicted octanol–water partition coefficient (Wildman–Crippen LogP) is 1.15. The standard InChI is InChI=1S/C12H17N5/c1-13-10-2-4-17(5-3-10)11-6-9-7-15-16-12(9)14-8-11/h6-8,10,13H,2-5H2,1H3,(H,14,15,16). The number of piperidine rings is 1. The number of H-pyrrole nitrogens is 1. The van der Waals surface area contributed by atoms with Crippen molar-refractivity contribution in [1.82, 2.24) is 20.5 Å². The van der Waals surface area contributed by atoms with Crippen molar-refractivity contribution in [2.45, 2.75) is 18.9 Å². The minimum absolute atomic E-state index is 0.664. The second kappa shape index (κ2) is 4.33. The fourth-order valence-electron chi connectivity index (χ4n) is 2.42. The molecule has 2 N–H and O–H groups in total. The number of anilines is 1. The first-order valence-corrected chi connectivity index (χ1v) is 6.08. The van der Waals surface area contributed by atoms with Crippen molar-refractivity contribution < 1.29 is 0 Å². The van der Waals surface area contributed by atoms with Gasteiger partial charge in [0.15, 0.2) is 5.65 Å². The summed E-state index contributed by atoms with van der Waals surface area (Å²) in [7, 11) is 2.04. The van der Waals surface area contributed by atoms with Crippen molar-refractivity contribution in [3.63, 3.8) is 0 Å². The van der Waals surface area contributed by atoms with Crippen molar-refractivity contribution >= 4 is 16.7 Å². The first kappa shape index (κ1) is 10.5. The predicted molar refractivity (Wildman–Crippen MR) is 68.2 cm³/mol. The number of aromatic nitrogens is 3. The van der Waals surface area contributed by atoms with Crippen LogP contribution < -0.4 is 10.2 Å². The molecule has 1 saturated heterocycles. The van der Waals surface area contributed by atoms with Crippen molar-refractivity contribution in [3.8, 4) is 0 Å². The minimum Gasteiger partial charge on any atom is -0.370 e. The molecule has 0 amide bonds. The Bertz CT molecular complexity index is 498. The molecule has 5 heteroatoms. The lowest BCUT2D eigenvalue weighted by Gasteiger charge is -2.33. The Morgan fingerprint density at radius 1 is 1.35 bits per heavy atom. The molecule has 2 aromatic heterocycles. The Kier molecular flexibility index (Phi) is 2.68. The van der Waals surface area contributed by atoms with Gasteiger partial charge in [0, 0.05) is 24.5 Å². The molecular weight excluding hydrogens is 214 g/mol. The molecule has 1 fully saturated rings. The molecule has 0 bridgehead atoms. The van der Waals surface area contributed by atoms with Gasteiger partial charge in [-0.15, -0.1) is 0 Å². The Balaban J connectivity index is 1.79. The van der Waals surface area contributed by atoms with Crippen molar-refractivity contribution in [1.29, 1.82) is 0 Å². The number of hydrogen-bond donors (Lipinski definition) is 2. The summed E-state index contributed by atoms with van der Waals surface area (Å²) in [6.07, 6.45) is 6.15. The van der Waals surface area contributed by atoms with Crippen LogP contribution in [0.25, 0.3) is 11.0 Å². The second-order valence-corrected chi connectivity index (χ2v) is 4.55. The fourth-order valence-corrected chi connectivity index (χ4v) is 2.42. The Hall–Kier alpha value is -1.62. The minimum atomic E-state index is 0.664. The summed E-state index contributed by atoms with van der Waals surface area (Å²) in [5, 5.41) is 11.3. The lowest BCUT2D eigenvalue weighted by molar-refractivity contribution is 0.442. The smallest absolute Gasteiger partial charge is 0.155 e. The van der Waals surface area contributed by atoms with Crippen LogP contribution in [0, 0.1) is 0 Å². The molecule has 0 unspecified atom stereocenters. The first-order chi connectivity index (χ1) is 8.36. The van der Waals surface area contributed by atoms with Gasteiger partial charge in [-0.25, -0.2) is 4.98 Å². The van der Waals surface area contributed by atoms with Crippen LogP contribution in [0.2, 0.25) is 0 Å². The molecule has 0 aliphatic carbocycles. The van der Waals surface area contributed by atoms with E-state index >= 15 is 0 Å². The van der Waals surface area contributed by atoms with E-state index in [9.17, 15) is 0 Å². The van der Waals surface area contributed by atoms with Gasteiger partial charge >= 0.3 is 0 Å². The van der Waals surface area contributed by atoms with Crippen LogP contribution >= 0.6 is 0 Å². The maximum absolute atomic E-state index is 4.38. The highest BCUT2D eigenvalue weighted by atomic mass is 15.2. The molecular formula is C12H17N5. The maximum atomic E-state index is 4.38. The van der Waals surface area contributed by atoms with Crippen LogP contribution in [-0.4, -0.2) is 41.4 Å². The van der Waals surface area contributed by atoms with Crippen molar-refractivity contribution in [3.05, 3.63) is 18.5 Å². The van der Waals surface area contributed by atoms with Gasteiger partial charge in [-0.1, -0.05) is 0 Å². The number of pyridine rings is 1. The van der Waals surface area contributed by atoms with Gasteiger partial charge in [-0.3, -0.25) is 5.10 Å². The molecule has 0 atom stereocenters. The number of rotatable bonds is 2. The normalized spacial score (nSPS) is 17.8. The summed E-state index contributed by atoms with van der Waals surface area (Å²) in [6, 6.07) is 2.82. The average molecular weight is 231 g/mol. The molecule has 5 nitrogen and oxygen atoms in total. The van der Waals surface area contributed by atoms with Crippen LogP contribution in [0.3, 0.4) is 0 Å². The number of fused-ring (bicyclic) bond motifs is 1. The summed E-state index contributed by atoms with van der Waals surface area (Å²) in [5.41, 5.74) is 2.06. The van der Waals surface area contributed by atoms with E-state index in [1.165, 1.54) is 18.5 Å². The molecule has 3 rings (SSSR count). The largest absolute Gasteiger partial charge is 0.370 e. The summed E-state index contributed by atoms with van der Waals surface area (Å²) >= 11 is 0. The Morgan fingerprint density at radius 3 is 2.94 bits per heavy atom. The zero-order valence-electron chi connectivity index (χ0n) is 9.98. The van der Waals surface area contributed by atoms with E-state index in [2.05, 4.69) is 31.5 Å². The summed E-state index contributed by atoms with van der Waals surface area (Å²) < 4.78 is 0. The van der Waals surface area contributed by atoms with Crippen LogP contribution in [0.5, 0.6) is 0 Å². The second-order valence-electron chi connectivity index (χ2n) is 4.55. The van der Waals surface area contributed by atoms with Crippen molar-refractivity contribution in [2.24, 2.45) is 0 Å². The van der Waals surface area contributed by atoms with E-state index in [4.69, 9.17) is 0 Å². The molecule has 0 aromatic carbocycles. The third kappa shape index (κ3) is 1.98. The van der Waals surface area contributed by atoms with Crippen LogP contribution in [0.15, 0.2) is 18.5 Å². The maximum Gasteiger partial charge on any atom is 0.155 e. The van der Waals surface area contributed by atoms with Gasteiger partial charge in [0.25, 0.3) is 0 Å². The SMILES string of the molecule is CNC1CCN(c2cnc3[nH]ncc3c2)CC1. The molecule has 1 aliphatic rings. The third-order valence-electron chi connectivity index (χ3n) is 3.55. The van der Waals surface area contributed by atoms with Gasteiger partial charge in [-0.05, 0) is 26.0 Å². The molecule has 1 aliphatic heterocycles. The highest BCUT2D eigenvalue weighted by Crippen LogP contribution is 2.22. The van der Waals surface area contributed by atoms with Gasteiger partial charge in [0.05, 0.1) is 18.1 Å². The van der Waals surface area contributed by atoms with E-state index in [-0.39, 0.29) is 0 Å². The molecule has 2 aromatic rings. The zero-order chi connectivity index (χ0) is 11.7. The highest BCUT2D eigenvalue weighted by molar-refractivity contribution is 5.77. The summed E-state index contributed by atoms with van der Waals surface area (Å²) in [4.78, 5) is 6.78. The summed E-state index contributed by atoms with van der Waals surface area (Å²) in [5.74, 6) is 0. The highest BCUT2D eigenvalue weighted by Gasteiger charge is 2.18. The zero-order valence-corrected chi connectivity index (χ0v) is 9.98.